The van der Waals surface area contributed by atoms with Crippen LogP contribution in [0.3, 0.4) is 0 Å². The Bertz CT molecular complexity index is 575. The third-order valence-electron chi connectivity index (χ3n) is 2.87. The van der Waals surface area contributed by atoms with Crippen molar-refractivity contribution in [3.05, 3.63) is 48.3 Å². The van der Waals surface area contributed by atoms with Crippen molar-refractivity contribution in [1.82, 2.24) is 14.9 Å². The maximum atomic E-state index is 12.1. The topological polar surface area (TPSA) is 55.3 Å². The Labute approximate surface area is 128 Å². The second-order valence-corrected chi connectivity index (χ2v) is 5.36. The third-order valence-corrected chi connectivity index (χ3v) is 3.73. The van der Waals surface area contributed by atoms with Crippen molar-refractivity contribution in [3.8, 4) is 5.75 Å². The number of aromatic nitrogens is 2. The summed E-state index contributed by atoms with van der Waals surface area (Å²) >= 11 is 1.34. The molecule has 1 aromatic carbocycles. The van der Waals surface area contributed by atoms with E-state index in [4.69, 9.17) is 4.74 Å². The van der Waals surface area contributed by atoms with Gasteiger partial charge in [0.2, 0.25) is 5.91 Å². The van der Waals surface area contributed by atoms with E-state index in [0.717, 1.165) is 11.3 Å². The van der Waals surface area contributed by atoms with Crippen molar-refractivity contribution in [2.75, 3.05) is 19.9 Å². The number of carbonyl (C=O) groups is 1. The third kappa shape index (κ3) is 4.75. The first-order valence-corrected chi connectivity index (χ1v) is 7.44. The van der Waals surface area contributed by atoms with E-state index in [1.54, 1.807) is 37.5 Å². The summed E-state index contributed by atoms with van der Waals surface area (Å²) in [6.45, 7) is 0.568. The number of hydrogen-bond donors (Lipinski definition) is 0. The van der Waals surface area contributed by atoms with Crippen LogP contribution in [0, 0.1) is 0 Å². The fourth-order valence-corrected chi connectivity index (χ4v) is 2.43. The van der Waals surface area contributed by atoms with E-state index in [-0.39, 0.29) is 5.91 Å². The lowest BCUT2D eigenvalue weighted by Gasteiger charge is -2.17. The fraction of sp³-hybridized carbons (Fsp3) is 0.267. The number of rotatable bonds is 6. The molecular formula is C15H17N3O2S. The lowest BCUT2D eigenvalue weighted by molar-refractivity contribution is -0.127. The maximum Gasteiger partial charge on any atom is 0.233 e. The molecule has 0 aliphatic rings. The minimum atomic E-state index is 0.0447. The monoisotopic (exact) mass is 303 g/mol. The highest BCUT2D eigenvalue weighted by Crippen LogP contribution is 2.15. The number of amides is 1. The van der Waals surface area contributed by atoms with Crippen LogP contribution in [-0.4, -0.2) is 40.7 Å². The van der Waals surface area contributed by atoms with Crippen LogP contribution in [0.1, 0.15) is 5.56 Å². The van der Waals surface area contributed by atoms with Crippen LogP contribution >= 0.6 is 11.8 Å². The highest BCUT2D eigenvalue weighted by molar-refractivity contribution is 7.99. The summed E-state index contributed by atoms with van der Waals surface area (Å²) in [6.07, 6.45) is 3.34. The largest absolute Gasteiger partial charge is 0.497 e. The Hall–Kier alpha value is -2.08. The quantitative estimate of drug-likeness (QED) is 0.605. The molecule has 0 spiro atoms. The lowest BCUT2D eigenvalue weighted by atomic mass is 10.2. The highest BCUT2D eigenvalue weighted by Gasteiger charge is 2.10. The van der Waals surface area contributed by atoms with E-state index >= 15 is 0 Å². The van der Waals surface area contributed by atoms with E-state index in [2.05, 4.69) is 9.97 Å². The number of thioether (sulfide) groups is 1. The molecule has 1 heterocycles. The smallest absolute Gasteiger partial charge is 0.233 e. The predicted molar refractivity (Wildman–Crippen MR) is 82.2 cm³/mol. The van der Waals surface area contributed by atoms with Gasteiger partial charge in [-0.25, -0.2) is 9.97 Å². The van der Waals surface area contributed by atoms with Crippen LogP contribution in [0.2, 0.25) is 0 Å². The van der Waals surface area contributed by atoms with Crippen molar-refractivity contribution in [3.63, 3.8) is 0 Å². The second-order valence-electron chi connectivity index (χ2n) is 4.42. The zero-order chi connectivity index (χ0) is 15.1. The standard InChI is InChI=1S/C15H17N3O2S/c1-18(10-12-4-6-13(20-2)7-5-12)14(19)11-21-15-16-8-3-9-17-15/h3-9H,10-11H2,1-2H3. The van der Waals surface area contributed by atoms with Crippen LogP contribution in [0.15, 0.2) is 47.9 Å². The van der Waals surface area contributed by atoms with Crippen molar-refractivity contribution in [1.29, 1.82) is 0 Å². The van der Waals surface area contributed by atoms with Gasteiger partial charge < -0.3 is 9.64 Å². The summed E-state index contributed by atoms with van der Waals surface area (Å²) in [5.74, 6) is 1.18. The van der Waals surface area contributed by atoms with Gasteiger partial charge in [-0.05, 0) is 23.8 Å². The van der Waals surface area contributed by atoms with E-state index in [0.29, 0.717) is 17.5 Å². The first-order valence-electron chi connectivity index (χ1n) is 6.46. The van der Waals surface area contributed by atoms with Crippen LogP contribution in [-0.2, 0) is 11.3 Å². The summed E-state index contributed by atoms with van der Waals surface area (Å²) in [4.78, 5) is 21.9. The highest BCUT2D eigenvalue weighted by atomic mass is 32.2. The first kappa shape index (κ1) is 15.3. The van der Waals surface area contributed by atoms with E-state index in [1.807, 2.05) is 24.3 Å². The molecule has 21 heavy (non-hydrogen) atoms. The molecule has 110 valence electrons. The molecule has 0 aliphatic heterocycles. The molecular weight excluding hydrogens is 286 g/mol. The molecule has 0 saturated heterocycles. The van der Waals surface area contributed by atoms with Gasteiger partial charge in [-0.1, -0.05) is 23.9 Å². The zero-order valence-electron chi connectivity index (χ0n) is 12.0. The van der Waals surface area contributed by atoms with E-state index in [9.17, 15) is 4.79 Å². The normalized spacial score (nSPS) is 10.2. The summed E-state index contributed by atoms with van der Waals surface area (Å²) in [6, 6.07) is 9.44. The molecule has 0 atom stereocenters. The zero-order valence-corrected chi connectivity index (χ0v) is 12.8. The minimum absolute atomic E-state index is 0.0447. The van der Waals surface area contributed by atoms with E-state index in [1.165, 1.54) is 11.8 Å². The average molecular weight is 303 g/mol. The van der Waals surface area contributed by atoms with Gasteiger partial charge in [-0.3, -0.25) is 4.79 Å². The molecule has 0 fully saturated rings. The summed E-state index contributed by atoms with van der Waals surface area (Å²) < 4.78 is 5.11. The van der Waals surface area contributed by atoms with Gasteiger partial charge in [-0.2, -0.15) is 0 Å². The van der Waals surface area contributed by atoms with Gasteiger partial charge >= 0.3 is 0 Å². The van der Waals surface area contributed by atoms with Gasteiger partial charge in [0.05, 0.1) is 12.9 Å². The van der Waals surface area contributed by atoms with Gasteiger partial charge in [0, 0.05) is 26.0 Å². The Morgan fingerprint density at radius 1 is 1.24 bits per heavy atom. The summed E-state index contributed by atoms with van der Waals surface area (Å²) in [5, 5.41) is 0.615. The number of hydrogen-bond acceptors (Lipinski definition) is 5. The minimum Gasteiger partial charge on any atom is -0.497 e. The van der Waals surface area contributed by atoms with Crippen molar-refractivity contribution in [2.24, 2.45) is 0 Å². The van der Waals surface area contributed by atoms with Crippen molar-refractivity contribution >= 4 is 17.7 Å². The van der Waals surface area contributed by atoms with Crippen molar-refractivity contribution < 1.29 is 9.53 Å². The van der Waals surface area contributed by atoms with Gasteiger partial charge in [0.15, 0.2) is 5.16 Å². The fourth-order valence-electron chi connectivity index (χ4n) is 1.69. The van der Waals surface area contributed by atoms with Gasteiger partial charge in [0.25, 0.3) is 0 Å². The molecule has 0 unspecified atom stereocenters. The summed E-state index contributed by atoms with van der Waals surface area (Å²) in [5.41, 5.74) is 1.06. The molecule has 0 aliphatic carbocycles. The van der Waals surface area contributed by atoms with E-state index < -0.39 is 0 Å². The molecule has 1 aromatic heterocycles. The number of ether oxygens (including phenoxy) is 1. The number of benzene rings is 1. The van der Waals surface area contributed by atoms with Gasteiger partial charge in [0.1, 0.15) is 5.75 Å². The van der Waals surface area contributed by atoms with Crippen LogP contribution in [0.25, 0.3) is 0 Å². The molecule has 0 saturated carbocycles. The summed E-state index contributed by atoms with van der Waals surface area (Å²) in [7, 11) is 3.42. The predicted octanol–water partition coefficient (Wildman–Crippen LogP) is 2.24. The molecule has 6 heteroatoms. The molecule has 2 rings (SSSR count). The molecule has 1 amide bonds. The Balaban J connectivity index is 1.84. The van der Waals surface area contributed by atoms with Crippen LogP contribution < -0.4 is 4.74 Å². The van der Waals surface area contributed by atoms with Crippen LogP contribution in [0.4, 0.5) is 0 Å². The molecule has 2 aromatic rings. The van der Waals surface area contributed by atoms with Crippen molar-refractivity contribution in [2.45, 2.75) is 11.7 Å². The molecule has 0 bridgehead atoms. The Kier molecular flexibility index (Phi) is 5.57. The molecule has 0 N–H and O–H groups in total. The first-order chi connectivity index (χ1) is 10.2. The Morgan fingerprint density at radius 2 is 1.90 bits per heavy atom. The molecule has 5 nitrogen and oxygen atoms in total. The average Bonchev–Trinajstić information content (AvgIpc) is 2.54. The second kappa shape index (κ2) is 7.64. The molecule has 0 radical (unpaired) electrons. The number of methoxy groups -OCH3 is 1. The van der Waals surface area contributed by atoms with Crippen LogP contribution in [0.5, 0.6) is 5.75 Å². The SMILES string of the molecule is COc1ccc(CN(C)C(=O)CSc2ncccn2)cc1. The maximum absolute atomic E-state index is 12.1. The number of nitrogens with zero attached hydrogens (tertiary/aromatic N) is 3. The number of carbonyl (C=O) groups excluding carboxylic acids is 1. The lowest BCUT2D eigenvalue weighted by Crippen LogP contribution is -2.27. The van der Waals surface area contributed by atoms with Gasteiger partial charge in [-0.15, -0.1) is 0 Å². The Morgan fingerprint density at radius 3 is 2.52 bits per heavy atom.